The molecular weight excluding hydrogens is 270 g/mol. The highest BCUT2D eigenvalue weighted by atomic mass is 16.4. The van der Waals surface area contributed by atoms with Gasteiger partial charge in [0.25, 0.3) is 5.91 Å². The van der Waals surface area contributed by atoms with Crippen LogP contribution in [0.5, 0.6) is 0 Å². The third kappa shape index (κ3) is 3.39. The molecule has 1 amide bonds. The molecule has 1 aliphatic heterocycles. The topological polar surface area (TPSA) is 73.7 Å². The van der Waals surface area contributed by atoms with Crippen molar-refractivity contribution in [1.29, 1.82) is 0 Å². The first-order valence-electron chi connectivity index (χ1n) is 7.04. The van der Waals surface area contributed by atoms with E-state index in [2.05, 4.69) is 4.98 Å². The monoisotopic (exact) mass is 291 g/mol. The van der Waals surface area contributed by atoms with Gasteiger partial charge in [-0.1, -0.05) is 6.07 Å². The van der Waals surface area contributed by atoms with E-state index in [-0.39, 0.29) is 11.9 Å². The van der Waals surface area contributed by atoms with Crippen molar-refractivity contribution in [2.24, 2.45) is 0 Å². The normalized spacial score (nSPS) is 22.4. The lowest BCUT2D eigenvalue weighted by Crippen LogP contribution is -2.54. The van der Waals surface area contributed by atoms with E-state index < -0.39 is 12.0 Å². The summed E-state index contributed by atoms with van der Waals surface area (Å²) in [4.78, 5) is 31.7. The summed E-state index contributed by atoms with van der Waals surface area (Å²) in [6.07, 6.45) is 1.22. The van der Waals surface area contributed by atoms with Crippen LogP contribution in [-0.4, -0.2) is 64.5 Å². The number of hydrogen-bond donors (Lipinski definition) is 1. The number of carboxylic acids is 1. The number of carbonyl (C=O) groups excluding carboxylic acids is 1. The Morgan fingerprint density at radius 1 is 1.38 bits per heavy atom. The number of hydrogen-bond acceptors (Lipinski definition) is 4. The van der Waals surface area contributed by atoms with Gasteiger partial charge < -0.3 is 14.9 Å². The van der Waals surface area contributed by atoms with E-state index in [0.717, 1.165) is 12.1 Å². The van der Waals surface area contributed by atoms with Crippen molar-refractivity contribution in [3.63, 3.8) is 0 Å². The average Bonchev–Trinajstić information content (AvgIpc) is 2.45. The Morgan fingerprint density at radius 2 is 2.10 bits per heavy atom. The van der Waals surface area contributed by atoms with Crippen molar-refractivity contribution in [1.82, 2.24) is 14.8 Å². The Kier molecular flexibility index (Phi) is 4.57. The molecule has 6 nitrogen and oxygen atoms in total. The van der Waals surface area contributed by atoms with Gasteiger partial charge in [-0.3, -0.25) is 4.79 Å². The first kappa shape index (κ1) is 15.4. The highest BCUT2D eigenvalue weighted by Crippen LogP contribution is 2.22. The zero-order valence-corrected chi connectivity index (χ0v) is 12.6. The number of aryl methyl sites for hydroxylation is 1. The number of pyridine rings is 1. The maximum Gasteiger partial charge on any atom is 0.326 e. The van der Waals surface area contributed by atoms with Crippen LogP contribution in [0.1, 0.15) is 29.0 Å². The molecule has 0 aromatic carbocycles. The maximum atomic E-state index is 12.5. The van der Waals surface area contributed by atoms with Crippen LogP contribution in [0.3, 0.4) is 0 Å². The van der Waals surface area contributed by atoms with Gasteiger partial charge in [-0.05, 0) is 46.0 Å². The summed E-state index contributed by atoms with van der Waals surface area (Å²) in [7, 11) is 3.87. The molecule has 1 saturated heterocycles. The van der Waals surface area contributed by atoms with Crippen molar-refractivity contribution in [3.05, 3.63) is 29.6 Å². The molecule has 2 heterocycles. The molecular formula is C15H21N3O3. The molecule has 1 aromatic rings. The van der Waals surface area contributed by atoms with E-state index in [1.165, 1.54) is 4.90 Å². The standard InChI is InChI=1S/C15H21N3O3/c1-10-5-4-6-12(16-10)14(19)18-8-7-11(17(2)3)9-13(18)15(20)21/h4-6,11,13H,7-9H2,1-3H3,(H,20,21). The summed E-state index contributed by atoms with van der Waals surface area (Å²) in [5, 5.41) is 9.43. The molecule has 21 heavy (non-hydrogen) atoms. The first-order chi connectivity index (χ1) is 9.90. The lowest BCUT2D eigenvalue weighted by atomic mass is 9.96. The second-order valence-electron chi connectivity index (χ2n) is 5.66. The van der Waals surface area contributed by atoms with E-state index in [1.54, 1.807) is 12.1 Å². The van der Waals surface area contributed by atoms with Crippen LogP contribution in [-0.2, 0) is 4.79 Å². The summed E-state index contributed by atoms with van der Waals surface area (Å²) < 4.78 is 0. The quantitative estimate of drug-likeness (QED) is 0.899. The molecule has 1 aromatic heterocycles. The van der Waals surface area contributed by atoms with Crippen molar-refractivity contribution in [2.75, 3.05) is 20.6 Å². The van der Waals surface area contributed by atoms with Gasteiger partial charge in [0.05, 0.1) is 0 Å². The zero-order valence-electron chi connectivity index (χ0n) is 12.6. The minimum absolute atomic E-state index is 0.181. The fourth-order valence-corrected chi connectivity index (χ4v) is 2.70. The van der Waals surface area contributed by atoms with Gasteiger partial charge in [-0.15, -0.1) is 0 Å². The first-order valence-corrected chi connectivity index (χ1v) is 7.04. The Balaban J connectivity index is 2.21. The lowest BCUT2D eigenvalue weighted by molar-refractivity contribution is -0.144. The average molecular weight is 291 g/mol. The number of carboxylic acid groups (broad SMARTS) is 1. The number of amides is 1. The van der Waals surface area contributed by atoms with Crippen LogP contribution in [0.15, 0.2) is 18.2 Å². The van der Waals surface area contributed by atoms with Crippen LogP contribution in [0.25, 0.3) is 0 Å². The van der Waals surface area contributed by atoms with Gasteiger partial charge in [0, 0.05) is 18.3 Å². The molecule has 1 fully saturated rings. The summed E-state index contributed by atoms with van der Waals surface area (Å²) in [6, 6.07) is 4.59. The Morgan fingerprint density at radius 3 is 2.67 bits per heavy atom. The predicted molar refractivity (Wildman–Crippen MR) is 78.1 cm³/mol. The summed E-state index contributed by atoms with van der Waals surface area (Å²) in [5.41, 5.74) is 1.06. The van der Waals surface area contributed by atoms with Crippen LogP contribution in [0.2, 0.25) is 0 Å². The van der Waals surface area contributed by atoms with Crippen molar-refractivity contribution >= 4 is 11.9 Å². The Labute approximate surface area is 124 Å². The van der Waals surface area contributed by atoms with Crippen LogP contribution >= 0.6 is 0 Å². The van der Waals surface area contributed by atoms with E-state index in [0.29, 0.717) is 18.7 Å². The number of nitrogens with zero attached hydrogens (tertiary/aromatic N) is 3. The van der Waals surface area contributed by atoms with Crippen LogP contribution < -0.4 is 0 Å². The van der Waals surface area contributed by atoms with Crippen molar-refractivity contribution < 1.29 is 14.7 Å². The molecule has 6 heteroatoms. The molecule has 1 N–H and O–H groups in total. The SMILES string of the molecule is Cc1cccc(C(=O)N2CCC(N(C)C)CC2C(=O)O)n1. The molecule has 2 atom stereocenters. The van der Waals surface area contributed by atoms with E-state index in [9.17, 15) is 14.7 Å². The lowest BCUT2D eigenvalue weighted by Gasteiger charge is -2.39. The van der Waals surface area contributed by atoms with Gasteiger partial charge in [0.15, 0.2) is 0 Å². The number of aromatic nitrogens is 1. The Hall–Kier alpha value is -1.95. The fraction of sp³-hybridized carbons (Fsp3) is 0.533. The highest BCUT2D eigenvalue weighted by molar-refractivity contribution is 5.95. The minimum atomic E-state index is -0.956. The molecule has 0 bridgehead atoms. The molecule has 114 valence electrons. The number of likely N-dealkylation sites (tertiary alicyclic amines) is 1. The summed E-state index contributed by atoms with van der Waals surface area (Å²) >= 11 is 0. The van der Waals surface area contributed by atoms with Gasteiger partial charge in [0.2, 0.25) is 0 Å². The third-order valence-corrected chi connectivity index (χ3v) is 3.96. The van der Waals surface area contributed by atoms with E-state index in [4.69, 9.17) is 0 Å². The number of piperidine rings is 1. The molecule has 0 spiro atoms. The smallest absolute Gasteiger partial charge is 0.326 e. The van der Waals surface area contributed by atoms with Gasteiger partial charge >= 0.3 is 5.97 Å². The van der Waals surface area contributed by atoms with Crippen LogP contribution in [0, 0.1) is 6.92 Å². The molecule has 0 saturated carbocycles. The van der Waals surface area contributed by atoms with Gasteiger partial charge in [-0.25, -0.2) is 9.78 Å². The number of aliphatic carboxylic acids is 1. The zero-order chi connectivity index (χ0) is 15.6. The molecule has 0 aliphatic carbocycles. The molecule has 2 rings (SSSR count). The summed E-state index contributed by atoms with van der Waals surface area (Å²) in [5.74, 6) is -1.26. The highest BCUT2D eigenvalue weighted by Gasteiger charge is 2.37. The van der Waals surface area contributed by atoms with E-state index in [1.807, 2.05) is 32.0 Å². The third-order valence-electron chi connectivity index (χ3n) is 3.96. The minimum Gasteiger partial charge on any atom is -0.480 e. The molecule has 2 unspecified atom stereocenters. The predicted octanol–water partition coefficient (Wildman–Crippen LogP) is 1.01. The number of carbonyl (C=O) groups is 2. The fourth-order valence-electron chi connectivity index (χ4n) is 2.70. The largest absolute Gasteiger partial charge is 0.480 e. The number of rotatable bonds is 3. The van der Waals surface area contributed by atoms with Gasteiger partial charge in [0.1, 0.15) is 11.7 Å². The van der Waals surface area contributed by atoms with Crippen molar-refractivity contribution in [2.45, 2.75) is 31.8 Å². The van der Waals surface area contributed by atoms with Crippen molar-refractivity contribution in [3.8, 4) is 0 Å². The van der Waals surface area contributed by atoms with Gasteiger partial charge in [-0.2, -0.15) is 0 Å². The van der Waals surface area contributed by atoms with E-state index >= 15 is 0 Å². The maximum absolute atomic E-state index is 12.5. The second-order valence-corrected chi connectivity index (χ2v) is 5.66. The second kappa shape index (κ2) is 6.22. The summed E-state index contributed by atoms with van der Waals surface area (Å²) in [6.45, 7) is 2.25. The molecule has 0 radical (unpaired) electrons. The van der Waals surface area contributed by atoms with Crippen LogP contribution in [0.4, 0.5) is 0 Å². The Bertz CT molecular complexity index is 545. The molecule has 1 aliphatic rings.